The molecule has 23 heavy (non-hydrogen) atoms. The molecule has 0 spiro atoms. The van der Waals surface area contributed by atoms with E-state index in [1.54, 1.807) is 4.68 Å². The zero-order chi connectivity index (χ0) is 16.4. The second-order valence-electron chi connectivity index (χ2n) is 5.65. The molecule has 8 heteroatoms. The zero-order valence-electron chi connectivity index (χ0n) is 13.2. The number of rotatable bonds is 6. The van der Waals surface area contributed by atoms with Gasteiger partial charge in [0, 0.05) is 18.7 Å². The number of nitrogens with one attached hydrogen (secondary N) is 2. The van der Waals surface area contributed by atoms with Crippen LogP contribution < -0.4 is 10.9 Å². The lowest BCUT2D eigenvalue weighted by Gasteiger charge is -2.16. The zero-order valence-corrected chi connectivity index (χ0v) is 13.2. The summed E-state index contributed by atoms with van der Waals surface area (Å²) in [7, 11) is 0. The summed E-state index contributed by atoms with van der Waals surface area (Å²) in [5.74, 6) is 1.25. The second-order valence-corrected chi connectivity index (χ2v) is 5.65. The topological polar surface area (TPSA) is 106 Å². The second kappa shape index (κ2) is 6.31. The monoisotopic (exact) mass is 316 g/mol. The highest BCUT2D eigenvalue weighted by molar-refractivity contribution is 5.93. The summed E-state index contributed by atoms with van der Waals surface area (Å²) in [6, 6.07) is -0.299. The van der Waals surface area contributed by atoms with Gasteiger partial charge in [0.2, 0.25) is 0 Å². The van der Waals surface area contributed by atoms with Gasteiger partial charge in [-0.2, -0.15) is 5.10 Å². The Balaban J connectivity index is 1.78. The minimum absolute atomic E-state index is 0.0235. The Kier molecular flexibility index (Phi) is 4.22. The van der Waals surface area contributed by atoms with Gasteiger partial charge in [0.15, 0.2) is 0 Å². The fourth-order valence-corrected chi connectivity index (χ4v) is 2.51. The Morgan fingerprint density at radius 3 is 2.83 bits per heavy atom. The van der Waals surface area contributed by atoms with Crippen molar-refractivity contribution in [1.82, 2.24) is 30.0 Å². The number of H-pyrrole nitrogens is 1. The van der Waals surface area contributed by atoms with Gasteiger partial charge in [0.05, 0.1) is 6.04 Å². The van der Waals surface area contributed by atoms with Gasteiger partial charge in [0.25, 0.3) is 11.5 Å². The molecule has 0 radical (unpaired) electrons. The molecule has 1 fully saturated rings. The van der Waals surface area contributed by atoms with Crippen LogP contribution in [0.3, 0.4) is 0 Å². The number of hydrogen-bond donors (Lipinski definition) is 2. The molecule has 0 unspecified atom stereocenters. The van der Waals surface area contributed by atoms with E-state index in [0.29, 0.717) is 30.5 Å². The van der Waals surface area contributed by atoms with Crippen LogP contribution in [0.5, 0.6) is 0 Å². The number of aryl methyl sites for hydroxylation is 1. The number of amides is 1. The molecular weight excluding hydrogens is 296 g/mol. The van der Waals surface area contributed by atoms with Crippen LogP contribution in [0.1, 0.15) is 67.1 Å². The van der Waals surface area contributed by atoms with Crippen molar-refractivity contribution in [3.63, 3.8) is 0 Å². The summed E-state index contributed by atoms with van der Waals surface area (Å²) in [6.07, 6.45) is 5.56. The Hall–Kier alpha value is -2.51. The van der Waals surface area contributed by atoms with Crippen molar-refractivity contribution in [2.45, 2.75) is 51.6 Å². The highest BCUT2D eigenvalue weighted by atomic mass is 16.2. The van der Waals surface area contributed by atoms with Crippen LogP contribution in [0.4, 0.5) is 0 Å². The molecule has 2 aromatic heterocycles. The van der Waals surface area contributed by atoms with Crippen LogP contribution >= 0.6 is 0 Å². The normalized spacial score (nSPS) is 15.4. The molecule has 1 aliphatic rings. The lowest BCUT2D eigenvalue weighted by atomic mass is 10.2. The minimum atomic E-state index is -0.446. The third-order valence-electron chi connectivity index (χ3n) is 4.00. The van der Waals surface area contributed by atoms with Crippen LogP contribution in [0.25, 0.3) is 0 Å². The minimum Gasteiger partial charge on any atom is -0.342 e. The summed E-state index contributed by atoms with van der Waals surface area (Å²) in [5.41, 5.74) is -0.373. The number of aromatic amines is 1. The van der Waals surface area contributed by atoms with Gasteiger partial charge in [0.1, 0.15) is 23.5 Å². The molecule has 2 aromatic rings. The number of hydrogen-bond acceptors (Lipinski definition) is 5. The first-order valence-electron chi connectivity index (χ1n) is 7.91. The predicted molar refractivity (Wildman–Crippen MR) is 83.0 cm³/mol. The van der Waals surface area contributed by atoms with Gasteiger partial charge >= 0.3 is 0 Å². The molecule has 1 aliphatic carbocycles. The van der Waals surface area contributed by atoms with Crippen LogP contribution in [-0.2, 0) is 6.54 Å². The van der Waals surface area contributed by atoms with E-state index in [1.807, 2.05) is 13.8 Å². The highest BCUT2D eigenvalue weighted by Crippen LogP contribution is 2.37. The fourth-order valence-electron chi connectivity index (χ4n) is 2.51. The molecule has 2 N–H and O–H groups in total. The molecule has 2 heterocycles. The Morgan fingerprint density at radius 2 is 2.22 bits per heavy atom. The van der Waals surface area contributed by atoms with Crippen molar-refractivity contribution >= 4 is 5.91 Å². The van der Waals surface area contributed by atoms with Crippen molar-refractivity contribution in [3.05, 3.63) is 40.1 Å². The lowest BCUT2D eigenvalue weighted by molar-refractivity contribution is 0.0930. The molecule has 0 bridgehead atoms. The molecule has 1 saturated carbocycles. The lowest BCUT2D eigenvalue weighted by Crippen LogP contribution is -2.34. The van der Waals surface area contributed by atoms with Gasteiger partial charge < -0.3 is 10.3 Å². The van der Waals surface area contributed by atoms with E-state index < -0.39 is 11.5 Å². The van der Waals surface area contributed by atoms with E-state index in [-0.39, 0.29) is 11.6 Å². The van der Waals surface area contributed by atoms with Crippen molar-refractivity contribution < 1.29 is 4.79 Å². The smallest absolute Gasteiger partial charge is 0.263 e. The molecule has 1 amide bonds. The van der Waals surface area contributed by atoms with E-state index >= 15 is 0 Å². The summed E-state index contributed by atoms with van der Waals surface area (Å²) >= 11 is 0. The molecule has 1 atom stereocenters. The van der Waals surface area contributed by atoms with Gasteiger partial charge in [-0.3, -0.25) is 9.59 Å². The first kappa shape index (κ1) is 15.4. The maximum absolute atomic E-state index is 12.4. The molecule has 122 valence electrons. The van der Waals surface area contributed by atoms with Crippen LogP contribution in [0, 0.1) is 0 Å². The van der Waals surface area contributed by atoms with Crippen LogP contribution in [0.2, 0.25) is 0 Å². The molecule has 0 aliphatic heterocycles. The number of carbonyl (C=O) groups is 1. The van der Waals surface area contributed by atoms with Crippen molar-refractivity contribution in [2.75, 3.05) is 0 Å². The maximum atomic E-state index is 12.4. The van der Waals surface area contributed by atoms with Crippen molar-refractivity contribution in [3.8, 4) is 0 Å². The summed E-state index contributed by atoms with van der Waals surface area (Å²) in [5, 5.41) is 6.96. The van der Waals surface area contributed by atoms with Gasteiger partial charge in [-0.25, -0.2) is 14.6 Å². The van der Waals surface area contributed by atoms with E-state index in [2.05, 4.69) is 25.4 Å². The van der Waals surface area contributed by atoms with E-state index in [9.17, 15) is 9.59 Å². The summed E-state index contributed by atoms with van der Waals surface area (Å²) in [6.45, 7) is 4.57. The average Bonchev–Trinajstić information content (AvgIpc) is 3.30. The standard InChI is InChI=1S/C15H20N6O2/c1-3-11(13-17-8-18-21(13)4-2)19-14(22)10-7-16-12(9-5-6-9)20-15(10)23/h7-9,11H,3-6H2,1-2H3,(H,19,22)(H,16,20,23)/t11-/m1/s1. The first-order chi connectivity index (χ1) is 11.1. The molecule has 3 rings (SSSR count). The fraction of sp³-hybridized carbons (Fsp3) is 0.533. The largest absolute Gasteiger partial charge is 0.342 e. The third kappa shape index (κ3) is 3.15. The third-order valence-corrected chi connectivity index (χ3v) is 4.00. The highest BCUT2D eigenvalue weighted by Gasteiger charge is 2.27. The first-order valence-corrected chi connectivity index (χ1v) is 7.91. The van der Waals surface area contributed by atoms with E-state index in [0.717, 1.165) is 12.8 Å². The van der Waals surface area contributed by atoms with Gasteiger partial charge in [-0.15, -0.1) is 0 Å². The Bertz CT molecular complexity index is 761. The SMILES string of the molecule is CC[C@@H](NC(=O)c1cnc(C2CC2)[nH]c1=O)c1ncnn1CC. The average molecular weight is 316 g/mol. The maximum Gasteiger partial charge on any atom is 0.263 e. The van der Waals surface area contributed by atoms with Gasteiger partial charge in [-0.05, 0) is 26.2 Å². The number of carbonyl (C=O) groups excluding carboxylic acids is 1. The predicted octanol–water partition coefficient (Wildman–Crippen LogP) is 1.14. The van der Waals surface area contributed by atoms with E-state index in [4.69, 9.17) is 0 Å². The Labute approximate surface area is 133 Å². The number of aromatic nitrogens is 5. The van der Waals surface area contributed by atoms with Crippen molar-refractivity contribution in [1.29, 1.82) is 0 Å². The molecule has 0 saturated heterocycles. The van der Waals surface area contributed by atoms with Crippen LogP contribution in [0.15, 0.2) is 17.3 Å². The van der Waals surface area contributed by atoms with E-state index in [1.165, 1.54) is 12.5 Å². The molecular formula is C15H20N6O2. The number of nitrogens with zero attached hydrogens (tertiary/aromatic N) is 4. The van der Waals surface area contributed by atoms with Gasteiger partial charge in [-0.1, -0.05) is 6.92 Å². The summed E-state index contributed by atoms with van der Waals surface area (Å²) in [4.78, 5) is 35.6. The van der Waals surface area contributed by atoms with Crippen molar-refractivity contribution in [2.24, 2.45) is 0 Å². The summed E-state index contributed by atoms with van der Waals surface area (Å²) < 4.78 is 1.73. The quantitative estimate of drug-likeness (QED) is 0.831. The van der Waals surface area contributed by atoms with Crippen LogP contribution in [-0.4, -0.2) is 30.6 Å². The molecule has 8 nitrogen and oxygen atoms in total. The molecule has 0 aromatic carbocycles. The Morgan fingerprint density at radius 1 is 1.43 bits per heavy atom.